The summed E-state index contributed by atoms with van der Waals surface area (Å²) in [6, 6.07) is 24.9. The number of rotatable bonds is 12. The molecule has 1 heterocycles. The zero-order valence-corrected chi connectivity index (χ0v) is 24.9. The molecule has 2 unspecified atom stereocenters. The average molecular weight is 583 g/mol. The molecule has 1 aromatic heterocycles. The van der Waals surface area contributed by atoms with Crippen molar-refractivity contribution < 1.29 is 23.6 Å². The molecule has 4 rings (SSSR count). The molecule has 9 nitrogen and oxygen atoms in total. The van der Waals surface area contributed by atoms with Crippen LogP contribution >= 0.6 is 0 Å². The normalized spacial score (nSPS) is 12.4. The van der Waals surface area contributed by atoms with Crippen LogP contribution in [-0.2, 0) is 27.2 Å². The van der Waals surface area contributed by atoms with E-state index in [1.807, 2.05) is 73.7 Å². The standard InChI is InChI=1S/C34H38N4O5/c1-22(2)18-29(30-21-27(43-37-30)20-28(33(40)42-4)25-11-6-5-7-12-25)36-32(39)19-24-14-16-26(17-15-24)38(34(35)41)31-13-9-8-10-23(31)3/h5-17,21-22,28-29H,18-20H2,1-4H3,(H2,35,41)(H,36,39). The number of carbonyl (C=O) groups excluding carboxylic acids is 3. The molecule has 224 valence electrons. The average Bonchev–Trinajstić information content (AvgIpc) is 3.46. The van der Waals surface area contributed by atoms with Crippen molar-refractivity contribution in [2.75, 3.05) is 12.0 Å². The van der Waals surface area contributed by atoms with Gasteiger partial charge in [0.2, 0.25) is 5.91 Å². The molecular formula is C34H38N4O5. The number of aromatic nitrogens is 1. The van der Waals surface area contributed by atoms with E-state index in [2.05, 4.69) is 24.3 Å². The molecule has 0 spiro atoms. The Bertz CT molecular complexity index is 1530. The molecule has 43 heavy (non-hydrogen) atoms. The van der Waals surface area contributed by atoms with Crippen LogP contribution in [0.3, 0.4) is 0 Å². The lowest BCUT2D eigenvalue weighted by Gasteiger charge is -2.23. The summed E-state index contributed by atoms with van der Waals surface area (Å²) in [5.41, 5.74) is 10.1. The Hall–Kier alpha value is -4.92. The lowest BCUT2D eigenvalue weighted by Crippen LogP contribution is -2.32. The zero-order valence-electron chi connectivity index (χ0n) is 24.9. The van der Waals surface area contributed by atoms with Gasteiger partial charge in [-0.05, 0) is 54.2 Å². The zero-order chi connectivity index (χ0) is 30.9. The van der Waals surface area contributed by atoms with E-state index in [-0.39, 0.29) is 36.7 Å². The highest BCUT2D eigenvalue weighted by Gasteiger charge is 2.26. The molecule has 0 saturated carbocycles. The monoisotopic (exact) mass is 582 g/mol. The number of hydrogen-bond donors (Lipinski definition) is 2. The van der Waals surface area contributed by atoms with Gasteiger partial charge in [-0.15, -0.1) is 0 Å². The molecule has 4 aromatic rings. The molecule has 0 saturated heterocycles. The number of primary amides is 1. The molecule has 0 aliphatic heterocycles. The van der Waals surface area contributed by atoms with E-state index in [1.165, 1.54) is 12.0 Å². The van der Waals surface area contributed by atoms with E-state index in [0.29, 0.717) is 29.2 Å². The number of ether oxygens (including phenoxy) is 1. The number of esters is 1. The first-order valence-corrected chi connectivity index (χ1v) is 14.3. The van der Waals surface area contributed by atoms with Gasteiger partial charge in [0.1, 0.15) is 11.5 Å². The number of hydrogen-bond acceptors (Lipinski definition) is 6. The lowest BCUT2D eigenvalue weighted by atomic mass is 9.94. The third-order valence-corrected chi connectivity index (χ3v) is 7.21. The van der Waals surface area contributed by atoms with Crippen molar-refractivity contribution in [2.24, 2.45) is 11.7 Å². The van der Waals surface area contributed by atoms with Crippen LogP contribution < -0.4 is 16.0 Å². The number of anilines is 2. The van der Waals surface area contributed by atoms with E-state index in [9.17, 15) is 14.4 Å². The second-order valence-electron chi connectivity index (χ2n) is 11.0. The summed E-state index contributed by atoms with van der Waals surface area (Å²) in [6.07, 6.45) is 1.07. The highest BCUT2D eigenvalue weighted by Crippen LogP contribution is 2.29. The van der Waals surface area contributed by atoms with Crippen molar-refractivity contribution in [1.29, 1.82) is 0 Å². The van der Waals surface area contributed by atoms with Crippen molar-refractivity contribution in [1.82, 2.24) is 10.5 Å². The van der Waals surface area contributed by atoms with Crippen molar-refractivity contribution in [3.63, 3.8) is 0 Å². The Labute approximate surface area is 252 Å². The van der Waals surface area contributed by atoms with Crippen LogP contribution in [0.1, 0.15) is 60.4 Å². The molecule has 0 aliphatic carbocycles. The molecular weight excluding hydrogens is 544 g/mol. The first-order valence-electron chi connectivity index (χ1n) is 14.3. The van der Waals surface area contributed by atoms with Gasteiger partial charge in [-0.3, -0.25) is 14.5 Å². The summed E-state index contributed by atoms with van der Waals surface area (Å²) in [4.78, 5) is 39.4. The fraction of sp³-hybridized carbons (Fsp3) is 0.294. The van der Waals surface area contributed by atoms with Gasteiger partial charge in [-0.1, -0.05) is 79.7 Å². The minimum Gasteiger partial charge on any atom is -0.469 e. The molecule has 0 radical (unpaired) electrons. The summed E-state index contributed by atoms with van der Waals surface area (Å²) >= 11 is 0. The van der Waals surface area contributed by atoms with E-state index < -0.39 is 11.9 Å². The SMILES string of the molecule is COC(=O)C(Cc1cc(C(CC(C)C)NC(=O)Cc2ccc(N(C(N)=O)c3ccccc3C)cc2)no1)c1ccccc1. The predicted octanol–water partition coefficient (Wildman–Crippen LogP) is 6.15. The number of nitrogens with zero attached hydrogens (tertiary/aromatic N) is 2. The van der Waals surface area contributed by atoms with Crippen LogP contribution in [0, 0.1) is 12.8 Å². The number of aryl methyl sites for hydroxylation is 1. The van der Waals surface area contributed by atoms with Gasteiger partial charge in [0.05, 0.1) is 36.9 Å². The Kier molecular flexibility index (Phi) is 10.3. The Morgan fingerprint density at radius 1 is 0.977 bits per heavy atom. The van der Waals surface area contributed by atoms with Gasteiger partial charge in [0.15, 0.2) is 0 Å². The van der Waals surface area contributed by atoms with Crippen LogP contribution in [0.2, 0.25) is 0 Å². The first-order chi connectivity index (χ1) is 20.7. The van der Waals surface area contributed by atoms with Gasteiger partial charge in [0, 0.05) is 12.5 Å². The molecule has 3 N–H and O–H groups in total. The van der Waals surface area contributed by atoms with E-state index in [0.717, 1.165) is 16.7 Å². The van der Waals surface area contributed by atoms with Gasteiger partial charge in [0.25, 0.3) is 0 Å². The number of carbonyl (C=O) groups is 3. The summed E-state index contributed by atoms with van der Waals surface area (Å²) < 4.78 is 10.7. The Morgan fingerprint density at radius 3 is 2.28 bits per heavy atom. The summed E-state index contributed by atoms with van der Waals surface area (Å²) in [6.45, 7) is 6.05. The Morgan fingerprint density at radius 2 is 1.65 bits per heavy atom. The fourth-order valence-corrected chi connectivity index (χ4v) is 5.07. The minimum atomic E-state index is -0.593. The van der Waals surface area contributed by atoms with Gasteiger partial charge in [-0.25, -0.2) is 4.79 Å². The molecule has 3 amide bonds. The number of methoxy groups -OCH3 is 1. The number of urea groups is 1. The number of nitrogens with two attached hydrogens (primary N) is 1. The van der Waals surface area contributed by atoms with E-state index >= 15 is 0 Å². The smallest absolute Gasteiger partial charge is 0.323 e. The van der Waals surface area contributed by atoms with E-state index in [4.69, 9.17) is 15.0 Å². The van der Waals surface area contributed by atoms with Crippen molar-refractivity contribution in [3.05, 3.63) is 113 Å². The van der Waals surface area contributed by atoms with E-state index in [1.54, 1.807) is 18.2 Å². The maximum Gasteiger partial charge on any atom is 0.323 e. The lowest BCUT2D eigenvalue weighted by molar-refractivity contribution is -0.142. The van der Waals surface area contributed by atoms with Crippen molar-refractivity contribution in [2.45, 2.75) is 52.0 Å². The topological polar surface area (TPSA) is 128 Å². The molecule has 0 fully saturated rings. The third kappa shape index (κ3) is 8.09. The van der Waals surface area contributed by atoms with Gasteiger partial charge >= 0.3 is 12.0 Å². The summed E-state index contributed by atoms with van der Waals surface area (Å²) in [5.74, 6) is -0.270. The molecule has 2 atom stereocenters. The summed E-state index contributed by atoms with van der Waals surface area (Å²) in [7, 11) is 1.36. The molecule has 0 bridgehead atoms. The maximum absolute atomic E-state index is 13.2. The Balaban J connectivity index is 1.46. The highest BCUT2D eigenvalue weighted by molar-refractivity contribution is 5.99. The number of amides is 3. The molecule has 0 aliphatic rings. The predicted molar refractivity (Wildman–Crippen MR) is 165 cm³/mol. The molecule has 9 heteroatoms. The van der Waals surface area contributed by atoms with Crippen molar-refractivity contribution >= 4 is 29.3 Å². The second-order valence-corrected chi connectivity index (χ2v) is 11.0. The quantitative estimate of drug-likeness (QED) is 0.193. The summed E-state index contributed by atoms with van der Waals surface area (Å²) in [5, 5.41) is 7.35. The van der Waals surface area contributed by atoms with Crippen LogP contribution in [0.15, 0.2) is 89.5 Å². The number of nitrogens with one attached hydrogen (secondary N) is 1. The maximum atomic E-state index is 13.2. The van der Waals surface area contributed by atoms with Crippen LogP contribution in [0.25, 0.3) is 0 Å². The third-order valence-electron chi connectivity index (χ3n) is 7.21. The van der Waals surface area contributed by atoms with Crippen LogP contribution in [-0.4, -0.2) is 30.2 Å². The largest absolute Gasteiger partial charge is 0.469 e. The van der Waals surface area contributed by atoms with Gasteiger partial charge < -0.3 is 20.3 Å². The number of benzene rings is 3. The molecule has 3 aromatic carbocycles. The van der Waals surface area contributed by atoms with Crippen molar-refractivity contribution in [3.8, 4) is 0 Å². The fourth-order valence-electron chi connectivity index (χ4n) is 5.07. The first kappa shape index (κ1) is 31.0. The number of para-hydroxylation sites is 1. The van der Waals surface area contributed by atoms with Gasteiger partial charge in [-0.2, -0.15) is 0 Å². The van der Waals surface area contributed by atoms with Crippen LogP contribution in [0.5, 0.6) is 0 Å². The second kappa shape index (κ2) is 14.3. The van der Waals surface area contributed by atoms with Crippen LogP contribution in [0.4, 0.5) is 16.2 Å². The highest BCUT2D eigenvalue weighted by atomic mass is 16.5. The minimum absolute atomic E-state index is 0.138.